The monoisotopic (exact) mass is 836 g/mol. The lowest BCUT2D eigenvalue weighted by Crippen LogP contribution is -2.45. The topological polar surface area (TPSA) is 13.0 Å². The van der Waals surface area contributed by atoms with Crippen LogP contribution >= 0.6 is 0 Å². The van der Waals surface area contributed by atoms with Crippen LogP contribution in [0.4, 0.5) is 0 Å². The van der Waals surface area contributed by atoms with Gasteiger partial charge < -0.3 is 0 Å². The molecule has 1 aliphatic rings. The Morgan fingerprint density at radius 2 is 0.344 bits per heavy atom. The molecule has 0 radical (unpaired) electrons. The zero-order valence-corrected chi connectivity index (χ0v) is 37.1. The van der Waals surface area contributed by atoms with E-state index in [1.54, 1.807) is 0 Å². The van der Waals surface area contributed by atoms with Gasteiger partial charge in [-0.1, -0.05) is 218 Å². The summed E-state index contributed by atoms with van der Waals surface area (Å²) < 4.78 is 0. The molecule has 9 rings (SSSR count). The van der Waals surface area contributed by atoms with Crippen LogP contribution in [0.15, 0.2) is 218 Å². The molecule has 0 bridgehead atoms. The Bertz CT molecular complexity index is 2190. The molecular weight excluding hydrogens is 777 g/mol. The van der Waals surface area contributed by atoms with Gasteiger partial charge in [-0.15, -0.1) is 0 Å². The molecule has 1 saturated heterocycles. The average Bonchev–Trinajstić information content (AvgIpc) is 3.36. The number of hydrogen-bond donors (Lipinski definition) is 0. The summed E-state index contributed by atoms with van der Waals surface area (Å²) in [5, 5.41) is 0. The van der Waals surface area contributed by atoms with Gasteiger partial charge in [-0.2, -0.15) is 0 Å². The zero-order valence-electron chi connectivity index (χ0n) is 37.1. The van der Waals surface area contributed by atoms with Crippen LogP contribution in [0.3, 0.4) is 0 Å². The molecule has 1 aliphatic heterocycles. The van der Waals surface area contributed by atoms with Gasteiger partial charge in [-0.05, 0) is 66.8 Å². The van der Waals surface area contributed by atoms with Crippen LogP contribution in [0.2, 0.25) is 0 Å². The van der Waals surface area contributed by atoms with Gasteiger partial charge in [0, 0.05) is 78.5 Å². The highest BCUT2D eigenvalue weighted by Crippen LogP contribution is 2.24. The first-order chi connectivity index (χ1) is 31.7. The van der Waals surface area contributed by atoms with Crippen LogP contribution in [-0.4, -0.2) is 72.0 Å². The number of rotatable bonds is 12. The molecule has 0 amide bonds. The van der Waals surface area contributed by atoms with Crippen LogP contribution in [0.1, 0.15) is 22.3 Å². The maximum absolute atomic E-state index is 2.70. The van der Waals surface area contributed by atoms with E-state index in [0.29, 0.717) is 0 Å². The van der Waals surface area contributed by atoms with Crippen molar-refractivity contribution in [1.82, 2.24) is 19.6 Å². The van der Waals surface area contributed by atoms with Crippen molar-refractivity contribution >= 4 is 0 Å². The zero-order chi connectivity index (χ0) is 43.2. The lowest BCUT2D eigenvalue weighted by atomic mass is 10.0. The van der Waals surface area contributed by atoms with Gasteiger partial charge in [0.05, 0.1) is 0 Å². The third kappa shape index (κ3) is 12.0. The molecule has 4 heteroatoms. The van der Waals surface area contributed by atoms with Gasteiger partial charge in [0.2, 0.25) is 0 Å². The predicted octanol–water partition coefficient (Wildman–Crippen LogP) is 12.7. The fraction of sp³-hybridized carbons (Fsp3) is 0.200. The van der Waals surface area contributed by atoms with Crippen LogP contribution in [-0.2, 0) is 26.2 Å². The van der Waals surface area contributed by atoms with Gasteiger partial charge >= 0.3 is 0 Å². The summed E-state index contributed by atoms with van der Waals surface area (Å²) in [6, 6.07) is 79.9. The molecule has 0 atom stereocenters. The van der Waals surface area contributed by atoms with Crippen LogP contribution in [0.5, 0.6) is 0 Å². The maximum Gasteiger partial charge on any atom is 0.0234 e. The standard InChI is InChI=1S/C60H60N4/c1-5-13-53(14-6-1)57-29-21-49(22-30-57)45-61-37-39-62(46-50-23-31-58(32-24-50)54-15-7-2-8-16-54)41-43-64(48-52-27-35-60(36-28-52)56-19-11-4-12-20-56)44-42-63(40-38-61)47-51-25-33-59(34-26-51)55-17-9-3-10-18-55/h1-36H,37-48H2. The summed E-state index contributed by atoms with van der Waals surface area (Å²) in [6.07, 6.45) is 0. The molecule has 0 unspecified atom stereocenters. The summed E-state index contributed by atoms with van der Waals surface area (Å²) in [4.78, 5) is 10.8. The molecule has 4 nitrogen and oxygen atoms in total. The van der Waals surface area contributed by atoms with Crippen LogP contribution in [0, 0.1) is 0 Å². The largest absolute Gasteiger partial charge is 0.297 e. The Morgan fingerprint density at radius 1 is 0.188 bits per heavy atom. The summed E-state index contributed by atoms with van der Waals surface area (Å²) >= 11 is 0. The highest BCUT2D eigenvalue weighted by molar-refractivity contribution is 5.66. The van der Waals surface area contributed by atoms with E-state index < -0.39 is 0 Å². The second-order valence-electron chi connectivity index (χ2n) is 17.4. The van der Waals surface area contributed by atoms with E-state index in [9.17, 15) is 0 Å². The highest BCUT2D eigenvalue weighted by Gasteiger charge is 2.19. The van der Waals surface area contributed by atoms with Crippen LogP contribution < -0.4 is 0 Å². The second-order valence-corrected chi connectivity index (χ2v) is 17.4. The molecule has 8 aromatic rings. The summed E-state index contributed by atoms with van der Waals surface area (Å²) in [5.74, 6) is 0. The molecule has 8 aromatic carbocycles. The minimum absolute atomic E-state index is 0.930. The summed E-state index contributed by atoms with van der Waals surface area (Å²) in [5.41, 5.74) is 15.6. The summed E-state index contributed by atoms with van der Waals surface area (Å²) in [6.45, 7) is 11.7. The highest BCUT2D eigenvalue weighted by atomic mass is 15.3. The number of nitrogens with zero attached hydrogens (tertiary/aromatic N) is 4. The predicted molar refractivity (Wildman–Crippen MR) is 269 cm³/mol. The van der Waals surface area contributed by atoms with E-state index >= 15 is 0 Å². The molecular formula is C60H60N4. The van der Waals surface area contributed by atoms with E-state index in [1.165, 1.54) is 66.8 Å². The third-order valence-corrected chi connectivity index (χ3v) is 12.8. The SMILES string of the molecule is c1ccc(-c2ccc(CN3CCN(Cc4ccc(-c5ccccc5)cc4)CCN(Cc4ccc(-c5ccccc5)cc4)CCN(Cc4ccc(-c5ccccc5)cc4)CC3)cc2)cc1. The summed E-state index contributed by atoms with van der Waals surface area (Å²) in [7, 11) is 0. The normalized spacial score (nSPS) is 15.0. The molecule has 1 fully saturated rings. The minimum atomic E-state index is 0.930. The fourth-order valence-electron chi connectivity index (χ4n) is 8.98. The number of benzene rings is 8. The van der Waals surface area contributed by atoms with Gasteiger partial charge in [0.15, 0.2) is 0 Å². The van der Waals surface area contributed by atoms with E-state index in [1.807, 2.05) is 0 Å². The van der Waals surface area contributed by atoms with E-state index in [0.717, 1.165) is 78.5 Å². The molecule has 0 aliphatic carbocycles. The van der Waals surface area contributed by atoms with Crippen molar-refractivity contribution in [3.05, 3.63) is 241 Å². The van der Waals surface area contributed by atoms with Crippen molar-refractivity contribution < 1.29 is 0 Å². The van der Waals surface area contributed by atoms with Crippen molar-refractivity contribution in [2.45, 2.75) is 26.2 Å². The molecule has 0 saturated carbocycles. The Morgan fingerprint density at radius 3 is 0.516 bits per heavy atom. The Labute approximate surface area is 381 Å². The molecule has 320 valence electrons. The first kappa shape index (κ1) is 42.9. The van der Waals surface area contributed by atoms with Gasteiger partial charge in [0.25, 0.3) is 0 Å². The minimum Gasteiger partial charge on any atom is -0.297 e. The molecule has 0 aromatic heterocycles. The van der Waals surface area contributed by atoms with Gasteiger partial charge in [-0.3, -0.25) is 19.6 Å². The Hall–Kier alpha value is -6.40. The average molecular weight is 837 g/mol. The van der Waals surface area contributed by atoms with Crippen molar-refractivity contribution in [3.63, 3.8) is 0 Å². The molecule has 0 N–H and O–H groups in total. The van der Waals surface area contributed by atoms with Crippen molar-refractivity contribution in [2.24, 2.45) is 0 Å². The van der Waals surface area contributed by atoms with Gasteiger partial charge in [-0.25, -0.2) is 0 Å². The van der Waals surface area contributed by atoms with E-state index in [4.69, 9.17) is 0 Å². The quantitative estimate of drug-likeness (QED) is 0.122. The third-order valence-electron chi connectivity index (χ3n) is 12.8. The van der Waals surface area contributed by atoms with Crippen LogP contribution in [0.25, 0.3) is 44.5 Å². The Balaban J connectivity index is 0.959. The Kier molecular flexibility index (Phi) is 14.6. The number of hydrogen-bond acceptors (Lipinski definition) is 4. The molecule has 0 spiro atoms. The van der Waals surface area contributed by atoms with E-state index in [-0.39, 0.29) is 0 Å². The maximum atomic E-state index is 2.70. The lowest BCUT2D eigenvalue weighted by Gasteiger charge is -2.34. The van der Waals surface area contributed by atoms with Crippen molar-refractivity contribution in [1.29, 1.82) is 0 Å². The fourth-order valence-corrected chi connectivity index (χ4v) is 8.98. The van der Waals surface area contributed by atoms with Gasteiger partial charge in [0.1, 0.15) is 0 Å². The molecule has 64 heavy (non-hydrogen) atoms. The molecule has 1 heterocycles. The van der Waals surface area contributed by atoms with E-state index in [2.05, 4.69) is 238 Å². The smallest absolute Gasteiger partial charge is 0.0234 e. The second kappa shape index (κ2) is 21.8. The first-order valence-corrected chi connectivity index (χ1v) is 23.1. The van der Waals surface area contributed by atoms with Crippen molar-refractivity contribution in [2.75, 3.05) is 52.4 Å². The lowest BCUT2D eigenvalue weighted by molar-refractivity contribution is 0.122. The van der Waals surface area contributed by atoms with Crippen molar-refractivity contribution in [3.8, 4) is 44.5 Å². The first-order valence-electron chi connectivity index (χ1n) is 23.1.